The van der Waals surface area contributed by atoms with Gasteiger partial charge in [0.2, 0.25) is 17.7 Å². The number of nitrogen functional groups attached to an aromatic ring is 1. The van der Waals surface area contributed by atoms with Crippen molar-refractivity contribution in [3.05, 3.63) is 99.7 Å². The number of pyridine rings is 1. The van der Waals surface area contributed by atoms with Crippen molar-refractivity contribution in [1.82, 2.24) is 20.9 Å². The molecule has 1 fully saturated rings. The lowest BCUT2D eigenvalue weighted by Crippen LogP contribution is -2.55. The number of amidine groups is 1. The highest BCUT2D eigenvalue weighted by Gasteiger charge is 2.35. The first-order valence-electron chi connectivity index (χ1n) is 15.4. The second-order valence-corrected chi connectivity index (χ2v) is 11.3. The predicted octanol–water partition coefficient (Wildman–Crippen LogP) is 3.04. The van der Waals surface area contributed by atoms with Gasteiger partial charge in [-0.15, -0.1) is 0 Å². The molecule has 4 rings (SSSR count). The van der Waals surface area contributed by atoms with Gasteiger partial charge in [0.1, 0.15) is 29.8 Å². The molecular formula is C33H40N8O5. The Morgan fingerprint density at radius 1 is 0.891 bits per heavy atom. The average molecular weight is 629 g/mol. The lowest BCUT2D eigenvalue weighted by atomic mass is 9.83. The number of hydrogen-bond acceptors (Lipinski definition) is 8. The van der Waals surface area contributed by atoms with Crippen LogP contribution in [0.2, 0.25) is 0 Å². The summed E-state index contributed by atoms with van der Waals surface area (Å²) in [4.78, 5) is 55.2. The summed E-state index contributed by atoms with van der Waals surface area (Å²) in [5, 5.41) is 30.2. The third kappa shape index (κ3) is 9.84. The number of amides is 3. The number of benzene rings is 2. The van der Waals surface area contributed by atoms with Crippen molar-refractivity contribution in [2.75, 3.05) is 18.4 Å². The first-order valence-corrected chi connectivity index (χ1v) is 15.4. The van der Waals surface area contributed by atoms with E-state index in [-0.39, 0.29) is 42.9 Å². The molecule has 13 heteroatoms. The van der Waals surface area contributed by atoms with E-state index in [1.54, 1.807) is 24.3 Å². The van der Waals surface area contributed by atoms with E-state index in [9.17, 15) is 24.5 Å². The summed E-state index contributed by atoms with van der Waals surface area (Å²) < 4.78 is 0. The van der Waals surface area contributed by atoms with Crippen molar-refractivity contribution in [2.45, 2.75) is 51.1 Å². The molecule has 242 valence electrons. The van der Waals surface area contributed by atoms with Gasteiger partial charge < -0.3 is 27.0 Å². The Bertz CT molecular complexity index is 1490. The molecule has 7 N–H and O–H groups in total. The Hall–Kier alpha value is -5.33. The second-order valence-electron chi connectivity index (χ2n) is 11.3. The maximum absolute atomic E-state index is 13.8. The van der Waals surface area contributed by atoms with Gasteiger partial charge in [0, 0.05) is 31.3 Å². The number of nitrogens with two attached hydrogens (primary N) is 1. The molecule has 1 aromatic heterocycles. The number of rotatable bonds is 15. The van der Waals surface area contributed by atoms with E-state index in [0.717, 1.165) is 43.9 Å². The van der Waals surface area contributed by atoms with E-state index < -0.39 is 28.7 Å². The fourth-order valence-electron chi connectivity index (χ4n) is 5.47. The number of carbonyl (C=O) groups excluding carboxylic acids is 3. The van der Waals surface area contributed by atoms with Gasteiger partial charge in [-0.1, -0.05) is 73.9 Å². The molecule has 2 atom stereocenters. The first-order chi connectivity index (χ1) is 22.2. The minimum atomic E-state index is -1.11. The number of carbonyl (C=O) groups is 3. The van der Waals surface area contributed by atoms with E-state index in [1.807, 2.05) is 30.3 Å². The summed E-state index contributed by atoms with van der Waals surface area (Å²) in [6.07, 6.45) is 5.75. The van der Waals surface area contributed by atoms with Gasteiger partial charge in [-0.05, 0) is 42.4 Å². The fraction of sp³-hybridized carbons (Fsp3) is 0.364. The lowest BCUT2D eigenvalue weighted by molar-refractivity contribution is -0.385. The largest absolute Gasteiger partial charge is 0.384 e. The average Bonchev–Trinajstić information content (AvgIpc) is 3.08. The zero-order chi connectivity index (χ0) is 32.9. The molecule has 13 nitrogen and oxygen atoms in total. The second kappa shape index (κ2) is 16.7. The summed E-state index contributed by atoms with van der Waals surface area (Å²) in [7, 11) is 0. The molecule has 1 aliphatic rings. The van der Waals surface area contributed by atoms with E-state index in [1.165, 1.54) is 12.1 Å². The summed E-state index contributed by atoms with van der Waals surface area (Å²) in [6.45, 7) is 0.776. The van der Waals surface area contributed by atoms with Gasteiger partial charge >= 0.3 is 0 Å². The molecule has 0 radical (unpaired) electrons. The molecule has 1 saturated carbocycles. The van der Waals surface area contributed by atoms with Crippen LogP contribution in [0.3, 0.4) is 0 Å². The quantitative estimate of drug-likeness (QED) is 0.0367. The minimum absolute atomic E-state index is 0.0788. The Balaban J connectivity index is 1.44. The number of aromatic nitrogens is 1. The van der Waals surface area contributed by atoms with E-state index in [0.29, 0.717) is 23.5 Å². The van der Waals surface area contributed by atoms with Crippen LogP contribution in [0.25, 0.3) is 0 Å². The third-order valence-electron chi connectivity index (χ3n) is 8.04. The van der Waals surface area contributed by atoms with Crippen LogP contribution in [0.4, 0.5) is 11.5 Å². The molecule has 3 aromatic rings. The van der Waals surface area contributed by atoms with Gasteiger partial charge in [-0.3, -0.25) is 29.9 Å². The van der Waals surface area contributed by atoms with Crippen molar-refractivity contribution in [1.29, 1.82) is 5.41 Å². The van der Waals surface area contributed by atoms with Crippen molar-refractivity contribution in [3.8, 4) is 0 Å². The van der Waals surface area contributed by atoms with Crippen LogP contribution in [0, 0.1) is 27.4 Å². The zero-order valence-corrected chi connectivity index (χ0v) is 25.5. The molecule has 2 aromatic carbocycles. The van der Waals surface area contributed by atoms with Crippen molar-refractivity contribution >= 4 is 35.1 Å². The number of nitro groups is 1. The normalized spacial score (nSPS) is 14.3. The van der Waals surface area contributed by atoms with Crippen LogP contribution in [-0.2, 0) is 27.3 Å². The van der Waals surface area contributed by atoms with Gasteiger partial charge in [0.15, 0.2) is 0 Å². The van der Waals surface area contributed by atoms with Crippen LogP contribution in [0.15, 0.2) is 72.9 Å². The topological polar surface area (TPSA) is 205 Å². The lowest BCUT2D eigenvalue weighted by Gasteiger charge is -2.31. The maximum atomic E-state index is 13.8. The van der Waals surface area contributed by atoms with E-state index in [2.05, 4.69) is 26.3 Å². The Morgan fingerprint density at radius 3 is 2.24 bits per heavy atom. The molecular weight excluding hydrogens is 588 g/mol. The van der Waals surface area contributed by atoms with E-state index in [4.69, 9.17) is 11.1 Å². The zero-order valence-electron chi connectivity index (χ0n) is 25.5. The SMILES string of the molecule is N=C(N)c1ccc(C[C@@H](C(=O)NCc2ccccc2)C(=O)N[C@H](C(=O)NCCNc2ccc([N+](=O)[O-])cn2)C2CCCCC2)cc1. The molecule has 3 amide bonds. The predicted molar refractivity (Wildman–Crippen MR) is 174 cm³/mol. The van der Waals surface area contributed by atoms with Crippen LogP contribution >= 0.6 is 0 Å². The van der Waals surface area contributed by atoms with Crippen LogP contribution in [-0.4, -0.2) is 52.6 Å². The molecule has 0 aliphatic heterocycles. The first kappa shape index (κ1) is 33.6. The molecule has 1 heterocycles. The Morgan fingerprint density at radius 2 is 1.61 bits per heavy atom. The highest BCUT2D eigenvalue weighted by Crippen LogP contribution is 2.27. The Kier molecular flexibility index (Phi) is 12.2. The highest BCUT2D eigenvalue weighted by atomic mass is 16.6. The minimum Gasteiger partial charge on any atom is -0.384 e. The van der Waals surface area contributed by atoms with Crippen LogP contribution in [0.5, 0.6) is 0 Å². The molecule has 0 saturated heterocycles. The highest BCUT2D eigenvalue weighted by molar-refractivity contribution is 6.02. The standard InChI is InChI=1S/C33H40N8O5/c34-30(35)25-13-11-22(12-14-25)19-27(31(42)39-20-23-7-3-1-4-8-23)32(43)40-29(24-9-5-2-6-10-24)33(44)37-18-17-36-28-16-15-26(21-38-28)41(45)46/h1,3-4,7-8,11-16,21,24,27,29H,2,5-6,9-10,17-20H2,(H3,34,35)(H,36,38)(H,37,44)(H,39,42)(H,40,43)/t27-,29-/m0/s1. The number of nitrogens with zero attached hydrogens (tertiary/aromatic N) is 2. The molecule has 0 unspecified atom stereocenters. The monoisotopic (exact) mass is 628 g/mol. The molecule has 0 bridgehead atoms. The summed E-state index contributed by atoms with van der Waals surface area (Å²) in [5.41, 5.74) is 7.60. The third-order valence-corrected chi connectivity index (χ3v) is 8.04. The Labute approximate surface area is 267 Å². The maximum Gasteiger partial charge on any atom is 0.287 e. The van der Waals surface area contributed by atoms with Crippen molar-refractivity contribution in [2.24, 2.45) is 17.6 Å². The molecule has 46 heavy (non-hydrogen) atoms. The van der Waals surface area contributed by atoms with Crippen molar-refractivity contribution < 1.29 is 19.3 Å². The number of anilines is 1. The number of hydrogen-bond donors (Lipinski definition) is 6. The summed E-state index contributed by atoms with van der Waals surface area (Å²) >= 11 is 0. The summed E-state index contributed by atoms with van der Waals surface area (Å²) in [6, 6.07) is 18.2. The van der Waals surface area contributed by atoms with Gasteiger partial charge in [0.25, 0.3) is 5.69 Å². The number of nitrogens with one attached hydrogen (secondary N) is 5. The van der Waals surface area contributed by atoms with Gasteiger partial charge in [-0.25, -0.2) is 4.98 Å². The smallest absolute Gasteiger partial charge is 0.287 e. The van der Waals surface area contributed by atoms with Crippen LogP contribution in [0.1, 0.15) is 48.8 Å². The molecule has 0 spiro atoms. The van der Waals surface area contributed by atoms with E-state index >= 15 is 0 Å². The van der Waals surface area contributed by atoms with Crippen LogP contribution < -0.4 is 27.0 Å². The van der Waals surface area contributed by atoms with Gasteiger partial charge in [0.05, 0.1) is 4.92 Å². The fourth-order valence-corrected chi connectivity index (χ4v) is 5.47. The molecule has 1 aliphatic carbocycles. The summed E-state index contributed by atoms with van der Waals surface area (Å²) in [5.74, 6) is -2.18. The van der Waals surface area contributed by atoms with Crippen molar-refractivity contribution in [3.63, 3.8) is 0 Å². The van der Waals surface area contributed by atoms with Gasteiger partial charge in [-0.2, -0.15) is 0 Å².